The van der Waals surface area contributed by atoms with Crippen LogP contribution in [0.15, 0.2) is 0 Å². The Balaban J connectivity index is 2.42. The molecule has 0 aromatic heterocycles. The van der Waals surface area contributed by atoms with Gasteiger partial charge in [0.05, 0.1) is 12.6 Å². The predicted molar refractivity (Wildman–Crippen MR) is 75.5 cm³/mol. The molecule has 0 saturated heterocycles. The maximum absolute atomic E-state index is 12.1. The summed E-state index contributed by atoms with van der Waals surface area (Å²) >= 11 is 0. The van der Waals surface area contributed by atoms with E-state index in [4.69, 9.17) is 5.73 Å². The summed E-state index contributed by atoms with van der Waals surface area (Å²) in [6.07, 6.45) is 4.55. The Hall–Kier alpha value is -1.10. The lowest BCUT2D eigenvalue weighted by molar-refractivity contribution is -0.135. The first-order valence-electron chi connectivity index (χ1n) is 7.30. The molecule has 1 rings (SSSR count). The fraction of sp³-hybridized carbons (Fsp3) is 0.857. The molecule has 0 aliphatic heterocycles. The summed E-state index contributed by atoms with van der Waals surface area (Å²) in [4.78, 5) is 25.7. The smallest absolute Gasteiger partial charge is 0.242 e. The van der Waals surface area contributed by atoms with Crippen molar-refractivity contribution in [2.75, 3.05) is 13.1 Å². The molecule has 110 valence electrons. The summed E-state index contributed by atoms with van der Waals surface area (Å²) in [7, 11) is 0. The van der Waals surface area contributed by atoms with Crippen LogP contribution in [0, 0.1) is 5.92 Å². The third kappa shape index (κ3) is 4.49. The zero-order valence-electron chi connectivity index (χ0n) is 12.3. The highest BCUT2D eigenvalue weighted by Gasteiger charge is 2.26. The molecule has 0 heterocycles. The minimum Gasteiger partial charge on any atom is -0.346 e. The molecular formula is C14H27N3O2. The van der Waals surface area contributed by atoms with Crippen LogP contribution < -0.4 is 11.1 Å². The van der Waals surface area contributed by atoms with Crippen LogP contribution in [0.2, 0.25) is 0 Å². The van der Waals surface area contributed by atoms with Gasteiger partial charge in [-0.3, -0.25) is 9.59 Å². The fourth-order valence-corrected chi connectivity index (χ4v) is 2.54. The Morgan fingerprint density at radius 1 is 1.32 bits per heavy atom. The van der Waals surface area contributed by atoms with Crippen LogP contribution >= 0.6 is 0 Å². The summed E-state index contributed by atoms with van der Waals surface area (Å²) in [6.45, 7) is 6.53. The number of likely N-dealkylation sites (N-methyl/N-ethyl adjacent to an activating group) is 1. The molecule has 0 radical (unpaired) electrons. The van der Waals surface area contributed by atoms with E-state index >= 15 is 0 Å². The predicted octanol–water partition coefficient (Wildman–Crippen LogP) is 0.877. The van der Waals surface area contributed by atoms with Crippen molar-refractivity contribution in [2.24, 2.45) is 11.7 Å². The van der Waals surface area contributed by atoms with Gasteiger partial charge in [-0.1, -0.05) is 26.7 Å². The largest absolute Gasteiger partial charge is 0.346 e. The summed E-state index contributed by atoms with van der Waals surface area (Å²) in [5.41, 5.74) is 5.74. The van der Waals surface area contributed by atoms with E-state index in [1.807, 2.05) is 25.7 Å². The van der Waals surface area contributed by atoms with E-state index in [9.17, 15) is 9.59 Å². The van der Waals surface area contributed by atoms with Gasteiger partial charge in [-0.05, 0) is 25.7 Å². The van der Waals surface area contributed by atoms with Gasteiger partial charge < -0.3 is 16.0 Å². The number of rotatable bonds is 6. The fourth-order valence-electron chi connectivity index (χ4n) is 2.54. The van der Waals surface area contributed by atoms with Crippen molar-refractivity contribution in [3.05, 3.63) is 0 Å². The first-order valence-corrected chi connectivity index (χ1v) is 7.30. The van der Waals surface area contributed by atoms with E-state index in [0.29, 0.717) is 12.6 Å². The molecule has 5 nitrogen and oxygen atoms in total. The van der Waals surface area contributed by atoms with E-state index in [-0.39, 0.29) is 24.3 Å². The molecule has 19 heavy (non-hydrogen) atoms. The zero-order chi connectivity index (χ0) is 14.4. The molecule has 0 bridgehead atoms. The first-order chi connectivity index (χ1) is 8.97. The van der Waals surface area contributed by atoms with Gasteiger partial charge in [0.15, 0.2) is 0 Å². The number of amides is 2. The summed E-state index contributed by atoms with van der Waals surface area (Å²) < 4.78 is 0. The van der Waals surface area contributed by atoms with Gasteiger partial charge in [0.25, 0.3) is 0 Å². The molecule has 1 saturated carbocycles. The Bertz CT molecular complexity index is 312. The van der Waals surface area contributed by atoms with Crippen LogP contribution in [0.25, 0.3) is 0 Å². The third-order valence-corrected chi connectivity index (χ3v) is 3.86. The lowest BCUT2D eigenvalue weighted by Gasteiger charge is -2.28. The lowest BCUT2D eigenvalue weighted by atomic mass is 10.1. The zero-order valence-corrected chi connectivity index (χ0v) is 12.3. The molecule has 2 amide bonds. The molecular weight excluding hydrogens is 242 g/mol. The van der Waals surface area contributed by atoms with Crippen LogP contribution in [-0.4, -0.2) is 41.9 Å². The standard InChI is InChI=1S/C14H27N3O2/c1-4-17(11-7-5-6-8-11)12(18)9-16-14(19)13(15)10(2)3/h10-11,13H,4-9,15H2,1-3H3,(H,16,19)/t13-/m0/s1. The number of nitrogens with one attached hydrogen (secondary N) is 1. The second-order valence-corrected chi connectivity index (χ2v) is 5.61. The molecule has 1 aliphatic rings. The molecule has 0 aromatic rings. The van der Waals surface area contributed by atoms with Crippen molar-refractivity contribution in [1.29, 1.82) is 0 Å². The van der Waals surface area contributed by atoms with Crippen molar-refractivity contribution in [1.82, 2.24) is 10.2 Å². The van der Waals surface area contributed by atoms with E-state index < -0.39 is 6.04 Å². The molecule has 0 aromatic carbocycles. The molecule has 3 N–H and O–H groups in total. The highest BCUT2D eigenvalue weighted by atomic mass is 16.2. The Kier molecular flexibility index (Phi) is 6.28. The van der Waals surface area contributed by atoms with Crippen molar-refractivity contribution < 1.29 is 9.59 Å². The number of hydrogen-bond donors (Lipinski definition) is 2. The van der Waals surface area contributed by atoms with Crippen molar-refractivity contribution in [3.63, 3.8) is 0 Å². The van der Waals surface area contributed by atoms with E-state index in [1.165, 1.54) is 12.8 Å². The molecule has 1 atom stereocenters. The molecule has 1 fully saturated rings. The molecule has 0 unspecified atom stereocenters. The minimum atomic E-state index is -0.547. The van der Waals surface area contributed by atoms with Gasteiger partial charge in [-0.25, -0.2) is 0 Å². The summed E-state index contributed by atoms with van der Waals surface area (Å²) in [5.74, 6) is -0.170. The van der Waals surface area contributed by atoms with Crippen LogP contribution in [0.5, 0.6) is 0 Å². The van der Waals surface area contributed by atoms with Crippen molar-refractivity contribution in [2.45, 2.75) is 58.5 Å². The number of hydrogen-bond acceptors (Lipinski definition) is 3. The van der Waals surface area contributed by atoms with E-state index in [0.717, 1.165) is 12.8 Å². The SMILES string of the molecule is CCN(C(=O)CNC(=O)[C@@H](N)C(C)C)C1CCCC1. The van der Waals surface area contributed by atoms with Gasteiger partial charge in [-0.15, -0.1) is 0 Å². The van der Waals surface area contributed by atoms with Crippen LogP contribution in [0.1, 0.15) is 46.5 Å². The summed E-state index contributed by atoms with van der Waals surface area (Å²) in [6, 6.07) is -0.192. The number of nitrogens with two attached hydrogens (primary N) is 1. The molecule has 0 spiro atoms. The second-order valence-electron chi connectivity index (χ2n) is 5.61. The average Bonchev–Trinajstić information content (AvgIpc) is 2.89. The number of nitrogens with zero attached hydrogens (tertiary/aromatic N) is 1. The first kappa shape index (κ1) is 16.0. The maximum Gasteiger partial charge on any atom is 0.242 e. The Morgan fingerprint density at radius 2 is 1.89 bits per heavy atom. The van der Waals surface area contributed by atoms with Crippen LogP contribution in [0.3, 0.4) is 0 Å². The Morgan fingerprint density at radius 3 is 2.37 bits per heavy atom. The second kappa shape index (κ2) is 7.48. The maximum atomic E-state index is 12.1. The quantitative estimate of drug-likeness (QED) is 0.751. The van der Waals surface area contributed by atoms with Gasteiger partial charge in [0.2, 0.25) is 11.8 Å². The number of carbonyl (C=O) groups is 2. The van der Waals surface area contributed by atoms with Crippen molar-refractivity contribution in [3.8, 4) is 0 Å². The minimum absolute atomic E-state index is 0.00120. The monoisotopic (exact) mass is 269 g/mol. The highest BCUT2D eigenvalue weighted by molar-refractivity contribution is 5.87. The van der Waals surface area contributed by atoms with Crippen LogP contribution in [-0.2, 0) is 9.59 Å². The number of carbonyl (C=O) groups excluding carboxylic acids is 2. The third-order valence-electron chi connectivity index (χ3n) is 3.86. The molecule has 5 heteroatoms. The van der Waals surface area contributed by atoms with E-state index in [2.05, 4.69) is 5.32 Å². The summed E-state index contributed by atoms with van der Waals surface area (Å²) in [5, 5.41) is 2.65. The van der Waals surface area contributed by atoms with Crippen LogP contribution in [0.4, 0.5) is 0 Å². The lowest BCUT2D eigenvalue weighted by Crippen LogP contribution is -2.49. The Labute approximate surface area is 115 Å². The van der Waals surface area contributed by atoms with Gasteiger partial charge in [-0.2, -0.15) is 0 Å². The average molecular weight is 269 g/mol. The van der Waals surface area contributed by atoms with Gasteiger partial charge in [0.1, 0.15) is 0 Å². The topological polar surface area (TPSA) is 75.4 Å². The van der Waals surface area contributed by atoms with E-state index in [1.54, 1.807) is 0 Å². The van der Waals surface area contributed by atoms with Gasteiger partial charge in [0, 0.05) is 12.6 Å². The van der Waals surface area contributed by atoms with Gasteiger partial charge >= 0.3 is 0 Å². The van der Waals surface area contributed by atoms with Crippen molar-refractivity contribution >= 4 is 11.8 Å². The highest BCUT2D eigenvalue weighted by Crippen LogP contribution is 2.23. The molecule has 1 aliphatic carbocycles. The normalized spacial score (nSPS) is 17.5.